The van der Waals surface area contributed by atoms with Crippen molar-refractivity contribution in [1.82, 2.24) is 0 Å². The minimum absolute atomic E-state index is 0.161. The van der Waals surface area contributed by atoms with Crippen LogP contribution in [0.15, 0.2) is 19.6 Å². The van der Waals surface area contributed by atoms with Crippen molar-refractivity contribution in [3.63, 3.8) is 0 Å². The van der Waals surface area contributed by atoms with Crippen LogP contribution in [-0.2, 0) is 4.74 Å². The number of ether oxygens (including phenoxy) is 1. The van der Waals surface area contributed by atoms with E-state index in [1.54, 1.807) is 0 Å². The second-order valence-corrected chi connectivity index (χ2v) is 4.46. The highest BCUT2D eigenvalue weighted by atomic mass is 32.1. The molecule has 17 heavy (non-hydrogen) atoms. The first-order valence-corrected chi connectivity index (χ1v) is 6.54. The van der Waals surface area contributed by atoms with Gasteiger partial charge in [-0.25, -0.2) is 4.79 Å². The van der Waals surface area contributed by atoms with E-state index in [4.69, 9.17) is 5.73 Å². The van der Waals surface area contributed by atoms with Gasteiger partial charge in [-0.3, -0.25) is 0 Å². The third-order valence-electron chi connectivity index (χ3n) is 1.82. The van der Waals surface area contributed by atoms with Crippen LogP contribution in [0.5, 0.6) is 0 Å². The summed E-state index contributed by atoms with van der Waals surface area (Å²) in [7, 11) is 1.26. The van der Waals surface area contributed by atoms with Crippen molar-refractivity contribution in [3.8, 4) is 0 Å². The Labute approximate surface area is 123 Å². The van der Waals surface area contributed by atoms with E-state index in [1.165, 1.54) is 7.11 Å². The van der Waals surface area contributed by atoms with Crippen LogP contribution in [0.1, 0.15) is 24.2 Å². The van der Waals surface area contributed by atoms with Crippen LogP contribution in [0.2, 0.25) is 0 Å². The lowest BCUT2D eigenvalue weighted by atomic mass is 10.2. The summed E-state index contributed by atoms with van der Waals surface area (Å²) in [6.07, 6.45) is 0. The molecule has 7 heteroatoms. The predicted octanol–water partition coefficient (Wildman–Crippen LogP) is 3.24. The maximum atomic E-state index is 11.4. The molecule has 2 N–H and O–H groups in total. The molecule has 0 aliphatic rings. The number of carbonyl (C=O) groups is 1. The number of benzene rings is 1. The molecule has 1 aromatic carbocycles. The van der Waals surface area contributed by atoms with Gasteiger partial charge in [0, 0.05) is 19.6 Å². The normalized spacial score (nSPS) is 9.35. The summed E-state index contributed by atoms with van der Waals surface area (Å²) in [5.41, 5.74) is 6.07. The number of hydrogen-bond donors (Lipinski definition) is 5. The van der Waals surface area contributed by atoms with E-state index in [0.717, 1.165) is 0 Å². The van der Waals surface area contributed by atoms with Crippen LogP contribution in [0.3, 0.4) is 0 Å². The van der Waals surface area contributed by atoms with Crippen LogP contribution in [0, 0.1) is 0 Å². The molecule has 0 heterocycles. The van der Waals surface area contributed by atoms with Crippen LogP contribution in [0.4, 0.5) is 5.69 Å². The van der Waals surface area contributed by atoms with Crippen LogP contribution >= 0.6 is 50.5 Å². The van der Waals surface area contributed by atoms with Crippen LogP contribution in [-0.4, -0.2) is 13.1 Å². The molecule has 0 radical (unpaired) electrons. The van der Waals surface area contributed by atoms with Gasteiger partial charge in [0.2, 0.25) is 0 Å². The summed E-state index contributed by atoms with van der Waals surface area (Å²) in [5.74, 6) is -0.573. The van der Waals surface area contributed by atoms with E-state index in [9.17, 15) is 4.79 Å². The molecule has 0 aliphatic heterocycles. The molecule has 1 rings (SSSR count). The number of rotatable bonds is 1. The predicted molar refractivity (Wildman–Crippen MR) is 82.5 cm³/mol. The molecule has 0 aromatic heterocycles. The maximum absolute atomic E-state index is 11.4. The zero-order valence-corrected chi connectivity index (χ0v) is 13.3. The Hall–Kier alpha value is -0.110. The highest BCUT2D eigenvalue weighted by Gasteiger charge is 2.21. The lowest BCUT2D eigenvalue weighted by Gasteiger charge is -2.13. The Morgan fingerprint density at radius 3 is 1.82 bits per heavy atom. The SMILES string of the molecule is CC.COC(=O)c1c(N)c(S)c(S)c(S)c1S. The molecule has 0 saturated heterocycles. The molecule has 1 aromatic rings. The van der Waals surface area contributed by atoms with E-state index in [0.29, 0.717) is 19.6 Å². The van der Waals surface area contributed by atoms with Gasteiger partial charge in [-0.05, 0) is 0 Å². The summed E-state index contributed by atoms with van der Waals surface area (Å²) in [6, 6.07) is 0. The summed E-state index contributed by atoms with van der Waals surface area (Å²) in [4.78, 5) is 13.1. The number of carbonyl (C=O) groups excluding carboxylic acids is 1. The molecule has 3 nitrogen and oxygen atoms in total. The van der Waals surface area contributed by atoms with Crippen molar-refractivity contribution in [2.24, 2.45) is 0 Å². The van der Waals surface area contributed by atoms with Gasteiger partial charge >= 0.3 is 5.97 Å². The van der Waals surface area contributed by atoms with E-state index < -0.39 is 5.97 Å². The lowest BCUT2D eigenvalue weighted by molar-refractivity contribution is 0.0597. The van der Waals surface area contributed by atoms with Gasteiger partial charge in [0.1, 0.15) is 0 Å². The Bertz CT molecular complexity index is 406. The second-order valence-electron chi connectivity index (χ2n) is 2.67. The average Bonchev–Trinajstić information content (AvgIpc) is 2.36. The summed E-state index contributed by atoms with van der Waals surface area (Å²) >= 11 is 16.6. The molecule has 0 atom stereocenters. The first-order valence-electron chi connectivity index (χ1n) is 4.75. The number of hydrogen-bond acceptors (Lipinski definition) is 7. The summed E-state index contributed by atoms with van der Waals surface area (Å²) < 4.78 is 4.59. The molecule has 0 aliphatic carbocycles. The number of nitrogens with two attached hydrogens (primary N) is 1. The molecule has 0 saturated carbocycles. The third kappa shape index (κ3) is 3.43. The fraction of sp³-hybridized carbons (Fsp3) is 0.300. The molecule has 96 valence electrons. The van der Waals surface area contributed by atoms with Gasteiger partial charge in [-0.15, -0.1) is 50.5 Å². The van der Waals surface area contributed by atoms with Crippen LogP contribution in [0.25, 0.3) is 0 Å². The van der Waals surface area contributed by atoms with Crippen LogP contribution < -0.4 is 5.73 Å². The largest absolute Gasteiger partial charge is 0.465 e. The molecule has 0 amide bonds. The fourth-order valence-electron chi connectivity index (χ4n) is 1.02. The molecular formula is C10H15NO2S4. The van der Waals surface area contributed by atoms with Gasteiger partial charge in [0.05, 0.1) is 18.4 Å². The maximum Gasteiger partial charge on any atom is 0.341 e. The number of methoxy groups -OCH3 is 1. The van der Waals surface area contributed by atoms with Gasteiger partial charge in [0.15, 0.2) is 0 Å². The quantitative estimate of drug-likeness (QED) is 0.314. The first kappa shape index (κ1) is 16.9. The zero-order valence-electron chi connectivity index (χ0n) is 9.68. The fourth-order valence-corrected chi connectivity index (χ4v) is 2.20. The number of thiol groups is 4. The van der Waals surface area contributed by atoms with Gasteiger partial charge in [-0.2, -0.15) is 0 Å². The first-order chi connectivity index (χ1) is 7.91. The van der Waals surface area contributed by atoms with E-state index in [1.807, 2.05) is 13.8 Å². The Balaban J connectivity index is 0.00000121. The zero-order chi connectivity index (χ0) is 13.7. The van der Waals surface area contributed by atoms with Crippen molar-refractivity contribution >= 4 is 62.2 Å². The monoisotopic (exact) mass is 309 g/mol. The molecule has 0 spiro atoms. The van der Waals surface area contributed by atoms with Gasteiger partial charge in [0.25, 0.3) is 0 Å². The van der Waals surface area contributed by atoms with Crippen molar-refractivity contribution < 1.29 is 9.53 Å². The minimum Gasteiger partial charge on any atom is -0.465 e. The smallest absolute Gasteiger partial charge is 0.341 e. The van der Waals surface area contributed by atoms with E-state index in [2.05, 4.69) is 55.3 Å². The molecule has 0 fully saturated rings. The Morgan fingerprint density at radius 2 is 1.41 bits per heavy atom. The van der Waals surface area contributed by atoms with Gasteiger partial charge < -0.3 is 10.5 Å². The summed E-state index contributed by atoms with van der Waals surface area (Å²) in [6.45, 7) is 4.00. The standard InChI is InChI=1S/C8H9NO2S4.C2H6/c1-11-8(10)2-3(9)5(13)7(15)6(14)4(2)12;1-2/h12-15H,9H2,1H3;1-2H3. The Morgan fingerprint density at radius 1 is 1.00 bits per heavy atom. The molecule has 0 bridgehead atoms. The summed E-state index contributed by atoms with van der Waals surface area (Å²) in [5, 5.41) is 0. The Kier molecular flexibility index (Phi) is 7.30. The highest BCUT2D eigenvalue weighted by molar-refractivity contribution is 7.86. The van der Waals surface area contributed by atoms with Crippen molar-refractivity contribution in [3.05, 3.63) is 5.56 Å². The van der Waals surface area contributed by atoms with Gasteiger partial charge in [-0.1, -0.05) is 13.8 Å². The van der Waals surface area contributed by atoms with E-state index >= 15 is 0 Å². The minimum atomic E-state index is -0.573. The highest BCUT2D eigenvalue weighted by Crippen LogP contribution is 2.39. The average molecular weight is 310 g/mol. The molecular weight excluding hydrogens is 294 g/mol. The topological polar surface area (TPSA) is 52.3 Å². The van der Waals surface area contributed by atoms with Crippen molar-refractivity contribution in [2.45, 2.75) is 33.4 Å². The van der Waals surface area contributed by atoms with E-state index in [-0.39, 0.29) is 11.3 Å². The second kappa shape index (κ2) is 7.35. The lowest BCUT2D eigenvalue weighted by Crippen LogP contribution is -2.08. The number of esters is 1. The van der Waals surface area contributed by atoms with Crippen molar-refractivity contribution in [1.29, 1.82) is 0 Å². The van der Waals surface area contributed by atoms with Crippen molar-refractivity contribution in [2.75, 3.05) is 12.8 Å². The number of anilines is 1. The number of nitrogen functional groups attached to an aromatic ring is 1. The third-order valence-corrected chi connectivity index (χ3v) is 4.16. The molecule has 0 unspecified atom stereocenters.